The molecule has 0 bridgehead atoms. The highest BCUT2D eigenvalue weighted by Gasteiger charge is 2.08. The van der Waals surface area contributed by atoms with E-state index < -0.39 is 6.10 Å². The Bertz CT molecular complexity index is 389. The number of hydrogen-bond donors (Lipinski definition) is 2. The molecule has 0 aliphatic carbocycles. The monoisotopic (exact) mass is 315 g/mol. The van der Waals surface area contributed by atoms with Crippen molar-refractivity contribution >= 4 is 21.8 Å². The maximum absolute atomic E-state index is 11.8. The van der Waals surface area contributed by atoms with Crippen molar-refractivity contribution in [1.82, 2.24) is 5.32 Å². The van der Waals surface area contributed by atoms with E-state index in [4.69, 9.17) is 4.74 Å². The van der Waals surface area contributed by atoms with Crippen LogP contribution in [0.2, 0.25) is 0 Å². The average Bonchev–Trinajstić information content (AvgIpc) is 2.27. The number of carbonyl (C=O) groups excluding carboxylic acids is 1. The quantitative estimate of drug-likeness (QED) is 0.842. The van der Waals surface area contributed by atoms with E-state index in [1.165, 1.54) is 7.11 Å². The standard InChI is InChI=1S/C13H18BrNO3/c1-9-5-10(7-11(14)6-9)13(17)15-4-3-12(16)8-18-2/h5-7,12,16H,3-4,8H2,1-2H3,(H,15,17)/t12-/m0/s1. The SMILES string of the molecule is COC[C@@H](O)CCNC(=O)c1cc(C)cc(Br)c1. The van der Waals surface area contributed by atoms with Crippen LogP contribution in [0.4, 0.5) is 0 Å². The number of nitrogens with one attached hydrogen (secondary N) is 1. The molecule has 0 saturated heterocycles. The number of amides is 1. The molecule has 0 aliphatic rings. The molecule has 18 heavy (non-hydrogen) atoms. The molecule has 0 saturated carbocycles. The van der Waals surface area contributed by atoms with Gasteiger partial charge in [-0.05, 0) is 37.1 Å². The zero-order valence-electron chi connectivity index (χ0n) is 10.6. The lowest BCUT2D eigenvalue weighted by atomic mass is 10.1. The zero-order chi connectivity index (χ0) is 13.5. The number of aryl methyl sites for hydroxylation is 1. The van der Waals surface area contributed by atoms with Crippen LogP contribution in [0.25, 0.3) is 0 Å². The molecule has 0 heterocycles. The van der Waals surface area contributed by atoms with Gasteiger partial charge in [-0.25, -0.2) is 0 Å². The van der Waals surface area contributed by atoms with E-state index in [9.17, 15) is 9.90 Å². The number of carbonyl (C=O) groups is 1. The molecule has 1 aromatic carbocycles. The van der Waals surface area contributed by atoms with Crippen molar-refractivity contribution in [2.45, 2.75) is 19.4 Å². The molecule has 1 aromatic rings. The second kappa shape index (κ2) is 7.51. The third kappa shape index (κ3) is 5.16. The van der Waals surface area contributed by atoms with Crippen molar-refractivity contribution in [2.24, 2.45) is 0 Å². The van der Waals surface area contributed by atoms with Gasteiger partial charge >= 0.3 is 0 Å². The zero-order valence-corrected chi connectivity index (χ0v) is 12.2. The first-order chi connectivity index (χ1) is 8.52. The first-order valence-electron chi connectivity index (χ1n) is 5.75. The normalized spacial score (nSPS) is 12.2. The van der Waals surface area contributed by atoms with E-state index in [-0.39, 0.29) is 12.5 Å². The van der Waals surface area contributed by atoms with Gasteiger partial charge in [0, 0.05) is 23.7 Å². The second-order valence-electron chi connectivity index (χ2n) is 4.17. The van der Waals surface area contributed by atoms with Crippen LogP contribution in [0.15, 0.2) is 22.7 Å². The lowest BCUT2D eigenvalue weighted by molar-refractivity contribution is 0.0587. The van der Waals surface area contributed by atoms with Crippen molar-refractivity contribution in [3.05, 3.63) is 33.8 Å². The lowest BCUT2D eigenvalue weighted by Gasteiger charge is -2.10. The molecular formula is C13H18BrNO3. The molecule has 0 aliphatic heterocycles. The van der Waals surface area contributed by atoms with Gasteiger partial charge < -0.3 is 15.2 Å². The van der Waals surface area contributed by atoms with Gasteiger partial charge in [-0.15, -0.1) is 0 Å². The largest absolute Gasteiger partial charge is 0.391 e. The minimum atomic E-state index is -0.542. The van der Waals surface area contributed by atoms with Crippen LogP contribution < -0.4 is 5.32 Å². The molecule has 1 rings (SSSR count). The van der Waals surface area contributed by atoms with Gasteiger partial charge in [0.1, 0.15) is 0 Å². The van der Waals surface area contributed by atoms with Crippen LogP contribution in [0.1, 0.15) is 22.3 Å². The Hall–Kier alpha value is -0.910. The van der Waals surface area contributed by atoms with Gasteiger partial charge in [-0.3, -0.25) is 4.79 Å². The van der Waals surface area contributed by atoms with Crippen molar-refractivity contribution < 1.29 is 14.6 Å². The average molecular weight is 316 g/mol. The Kier molecular flexibility index (Phi) is 6.32. The molecule has 4 nitrogen and oxygen atoms in total. The Labute approximate surface area is 115 Å². The lowest BCUT2D eigenvalue weighted by Crippen LogP contribution is -2.28. The molecule has 2 N–H and O–H groups in total. The number of halogens is 1. The van der Waals surface area contributed by atoms with Crippen molar-refractivity contribution in [1.29, 1.82) is 0 Å². The highest BCUT2D eigenvalue weighted by Crippen LogP contribution is 2.15. The highest BCUT2D eigenvalue weighted by atomic mass is 79.9. The van der Waals surface area contributed by atoms with E-state index in [0.29, 0.717) is 18.5 Å². The van der Waals surface area contributed by atoms with E-state index in [1.54, 1.807) is 6.07 Å². The van der Waals surface area contributed by atoms with Gasteiger partial charge in [-0.1, -0.05) is 15.9 Å². The van der Waals surface area contributed by atoms with Crippen molar-refractivity contribution in [3.63, 3.8) is 0 Å². The first-order valence-corrected chi connectivity index (χ1v) is 6.54. The fourth-order valence-electron chi connectivity index (χ4n) is 1.60. The second-order valence-corrected chi connectivity index (χ2v) is 5.09. The third-order valence-corrected chi connectivity index (χ3v) is 2.88. The van der Waals surface area contributed by atoms with Gasteiger partial charge in [0.2, 0.25) is 0 Å². The van der Waals surface area contributed by atoms with Crippen LogP contribution in [0.5, 0.6) is 0 Å². The number of hydrogen-bond acceptors (Lipinski definition) is 3. The Morgan fingerprint density at radius 1 is 1.50 bits per heavy atom. The van der Waals surface area contributed by atoms with Crippen molar-refractivity contribution in [2.75, 3.05) is 20.3 Å². The Balaban J connectivity index is 2.45. The molecule has 0 radical (unpaired) electrons. The Morgan fingerprint density at radius 3 is 2.83 bits per heavy atom. The number of methoxy groups -OCH3 is 1. The summed E-state index contributed by atoms with van der Waals surface area (Å²) in [6.07, 6.45) is -0.0634. The van der Waals surface area contributed by atoms with Crippen LogP contribution in [-0.2, 0) is 4.74 Å². The van der Waals surface area contributed by atoms with Crippen LogP contribution in [-0.4, -0.2) is 37.4 Å². The number of benzene rings is 1. The molecule has 0 spiro atoms. The summed E-state index contributed by atoms with van der Waals surface area (Å²) in [6, 6.07) is 5.54. The highest BCUT2D eigenvalue weighted by molar-refractivity contribution is 9.10. The molecule has 5 heteroatoms. The van der Waals surface area contributed by atoms with E-state index in [2.05, 4.69) is 21.2 Å². The topological polar surface area (TPSA) is 58.6 Å². The fraction of sp³-hybridized carbons (Fsp3) is 0.462. The summed E-state index contributed by atoms with van der Waals surface area (Å²) in [6.45, 7) is 2.64. The predicted molar refractivity (Wildman–Crippen MR) is 73.7 cm³/mol. The van der Waals surface area contributed by atoms with Gasteiger partial charge in [-0.2, -0.15) is 0 Å². The maximum Gasteiger partial charge on any atom is 0.251 e. The predicted octanol–water partition coefficient (Wildman–Crippen LogP) is 1.88. The van der Waals surface area contributed by atoms with Crippen LogP contribution >= 0.6 is 15.9 Å². The van der Waals surface area contributed by atoms with E-state index >= 15 is 0 Å². The molecule has 0 aromatic heterocycles. The van der Waals surface area contributed by atoms with Crippen LogP contribution in [0.3, 0.4) is 0 Å². The molecule has 100 valence electrons. The summed E-state index contributed by atoms with van der Waals surface area (Å²) in [7, 11) is 1.53. The fourth-order valence-corrected chi connectivity index (χ4v) is 2.21. The summed E-state index contributed by atoms with van der Waals surface area (Å²) < 4.78 is 5.69. The molecule has 0 fully saturated rings. The number of aliphatic hydroxyl groups excluding tert-OH is 1. The number of rotatable bonds is 6. The number of aliphatic hydroxyl groups is 1. The molecular weight excluding hydrogens is 298 g/mol. The number of ether oxygens (including phenoxy) is 1. The van der Waals surface area contributed by atoms with E-state index in [0.717, 1.165) is 10.0 Å². The minimum absolute atomic E-state index is 0.135. The summed E-state index contributed by atoms with van der Waals surface area (Å²) in [4.78, 5) is 11.8. The molecule has 1 atom stereocenters. The van der Waals surface area contributed by atoms with Gasteiger partial charge in [0.25, 0.3) is 5.91 Å². The summed E-state index contributed by atoms with van der Waals surface area (Å²) in [5, 5.41) is 12.2. The Morgan fingerprint density at radius 2 is 2.22 bits per heavy atom. The van der Waals surface area contributed by atoms with Crippen LogP contribution in [0, 0.1) is 6.92 Å². The van der Waals surface area contributed by atoms with Gasteiger partial charge in [0.05, 0.1) is 12.7 Å². The first kappa shape index (κ1) is 15.1. The van der Waals surface area contributed by atoms with Crippen molar-refractivity contribution in [3.8, 4) is 0 Å². The van der Waals surface area contributed by atoms with Gasteiger partial charge in [0.15, 0.2) is 0 Å². The minimum Gasteiger partial charge on any atom is -0.391 e. The summed E-state index contributed by atoms with van der Waals surface area (Å²) in [5.41, 5.74) is 1.64. The molecule has 1 amide bonds. The molecule has 0 unspecified atom stereocenters. The summed E-state index contributed by atoms with van der Waals surface area (Å²) >= 11 is 3.36. The third-order valence-electron chi connectivity index (χ3n) is 2.43. The smallest absolute Gasteiger partial charge is 0.251 e. The summed E-state index contributed by atoms with van der Waals surface area (Å²) in [5.74, 6) is -0.135. The van der Waals surface area contributed by atoms with E-state index in [1.807, 2.05) is 19.1 Å². The maximum atomic E-state index is 11.8.